The maximum absolute atomic E-state index is 14.3. The molecule has 1 aliphatic heterocycles. The predicted octanol–water partition coefficient (Wildman–Crippen LogP) is 4.60. The van der Waals surface area contributed by atoms with E-state index < -0.39 is 21.7 Å². The second-order valence-electron chi connectivity index (χ2n) is 8.76. The van der Waals surface area contributed by atoms with E-state index in [0.29, 0.717) is 28.5 Å². The quantitative estimate of drug-likeness (QED) is 0.302. The molecule has 0 radical (unpaired) electrons. The molecular weight excluding hydrogens is 504 g/mol. The van der Waals surface area contributed by atoms with Gasteiger partial charge < -0.3 is 14.7 Å². The molecule has 4 rings (SSSR count). The Labute approximate surface area is 215 Å². The second kappa shape index (κ2) is 11.3. The molecule has 2 heterocycles. The molecule has 1 saturated heterocycles. The zero-order chi connectivity index (χ0) is 26.6. The molecule has 0 atom stereocenters. The summed E-state index contributed by atoms with van der Waals surface area (Å²) in [5.74, 6) is -1.73. The number of hydrogen-bond donors (Lipinski definition) is 1. The summed E-state index contributed by atoms with van der Waals surface area (Å²) >= 11 is 0. The molecule has 0 aliphatic carbocycles. The highest BCUT2D eigenvalue weighted by Crippen LogP contribution is 2.38. The number of halogens is 2. The number of ether oxygens (including phenoxy) is 2. The van der Waals surface area contributed by atoms with Crippen LogP contribution in [0.2, 0.25) is 0 Å². The highest BCUT2D eigenvalue weighted by Gasteiger charge is 2.21. The van der Waals surface area contributed by atoms with E-state index in [2.05, 4.69) is 9.62 Å². The summed E-state index contributed by atoms with van der Waals surface area (Å²) < 4.78 is 66.5. The van der Waals surface area contributed by atoms with Gasteiger partial charge in [0, 0.05) is 30.8 Å². The first kappa shape index (κ1) is 26.6. The van der Waals surface area contributed by atoms with Crippen molar-refractivity contribution in [1.29, 1.82) is 0 Å². The molecule has 0 amide bonds. The van der Waals surface area contributed by atoms with Crippen molar-refractivity contribution in [3.8, 4) is 28.5 Å². The van der Waals surface area contributed by atoms with E-state index in [9.17, 15) is 22.4 Å². The van der Waals surface area contributed by atoms with Crippen molar-refractivity contribution < 1.29 is 31.4 Å². The number of rotatable bonds is 10. The minimum atomic E-state index is -3.58. The van der Waals surface area contributed by atoms with Crippen LogP contribution in [-0.4, -0.2) is 45.3 Å². The van der Waals surface area contributed by atoms with Gasteiger partial charge in [0.1, 0.15) is 18.2 Å². The van der Waals surface area contributed by atoms with Crippen LogP contribution in [0.3, 0.4) is 0 Å². The van der Waals surface area contributed by atoms with E-state index in [1.807, 2.05) is 0 Å². The first-order valence-corrected chi connectivity index (χ1v) is 13.7. The number of nitrogens with one attached hydrogen (secondary N) is 1. The predicted molar refractivity (Wildman–Crippen MR) is 136 cm³/mol. The summed E-state index contributed by atoms with van der Waals surface area (Å²) in [5.41, 5.74) is 1.29. The maximum atomic E-state index is 14.3. The van der Waals surface area contributed by atoms with E-state index in [0.717, 1.165) is 44.6 Å². The largest absolute Gasteiger partial charge is 0.616 e. The van der Waals surface area contributed by atoms with E-state index in [4.69, 9.17) is 9.47 Å². The molecule has 37 heavy (non-hydrogen) atoms. The van der Waals surface area contributed by atoms with Crippen LogP contribution in [-0.2, 0) is 10.0 Å². The highest BCUT2D eigenvalue weighted by molar-refractivity contribution is 7.92. The van der Waals surface area contributed by atoms with E-state index in [1.54, 1.807) is 13.0 Å². The number of hydrogen-bond acceptors (Lipinski definition) is 6. The van der Waals surface area contributed by atoms with Crippen LogP contribution in [0.25, 0.3) is 11.1 Å². The van der Waals surface area contributed by atoms with Crippen molar-refractivity contribution in [3.63, 3.8) is 0 Å². The number of sulfonamides is 1. The number of anilines is 1. The third-order valence-corrected chi connectivity index (χ3v) is 7.49. The Balaban J connectivity index is 1.68. The van der Waals surface area contributed by atoms with Gasteiger partial charge >= 0.3 is 5.88 Å². The van der Waals surface area contributed by atoms with Crippen LogP contribution in [0, 0.1) is 23.8 Å². The minimum Gasteiger partial charge on any atom is -0.616 e. The van der Waals surface area contributed by atoms with Gasteiger partial charge in [0.2, 0.25) is 15.7 Å². The molecule has 0 spiro atoms. The second-order valence-corrected chi connectivity index (χ2v) is 10.8. The number of aromatic nitrogens is 1. The van der Waals surface area contributed by atoms with Crippen molar-refractivity contribution in [2.75, 3.05) is 36.7 Å². The van der Waals surface area contributed by atoms with Gasteiger partial charge in [0.15, 0.2) is 11.6 Å². The summed E-state index contributed by atoms with van der Waals surface area (Å²) in [7, 11) is -3.58. The summed E-state index contributed by atoms with van der Waals surface area (Å²) in [6.07, 6.45) is 2.32. The molecule has 2 aromatic carbocycles. The van der Waals surface area contributed by atoms with Gasteiger partial charge in [-0.05, 0) is 69.3 Å². The fraction of sp³-hybridized carbons (Fsp3) is 0.346. The van der Waals surface area contributed by atoms with Gasteiger partial charge in [-0.2, -0.15) is 0 Å². The Hall–Kier alpha value is -3.44. The summed E-state index contributed by atoms with van der Waals surface area (Å²) in [5, 5.41) is 13.0. The van der Waals surface area contributed by atoms with Crippen LogP contribution >= 0.6 is 0 Å². The number of pyridine rings is 1. The van der Waals surface area contributed by atoms with Crippen molar-refractivity contribution in [2.24, 2.45) is 0 Å². The molecule has 3 aromatic rings. The molecule has 198 valence electrons. The number of likely N-dealkylation sites (tertiary alicyclic amines) is 1. The normalized spacial score (nSPS) is 14.1. The lowest BCUT2D eigenvalue weighted by molar-refractivity contribution is -0.618. The fourth-order valence-electron chi connectivity index (χ4n) is 4.12. The van der Waals surface area contributed by atoms with E-state index >= 15 is 0 Å². The third-order valence-electron chi connectivity index (χ3n) is 6.18. The van der Waals surface area contributed by atoms with E-state index in [1.165, 1.54) is 31.2 Å². The lowest BCUT2D eigenvalue weighted by Gasteiger charge is -2.17. The van der Waals surface area contributed by atoms with Gasteiger partial charge in [-0.25, -0.2) is 17.2 Å². The van der Waals surface area contributed by atoms with Crippen molar-refractivity contribution in [1.82, 2.24) is 4.90 Å². The molecule has 1 aromatic heterocycles. The molecule has 8 nitrogen and oxygen atoms in total. The van der Waals surface area contributed by atoms with E-state index in [-0.39, 0.29) is 34.5 Å². The van der Waals surface area contributed by atoms with Crippen molar-refractivity contribution in [3.05, 3.63) is 71.1 Å². The van der Waals surface area contributed by atoms with Gasteiger partial charge in [-0.3, -0.25) is 9.62 Å². The van der Waals surface area contributed by atoms with Crippen LogP contribution in [0.15, 0.2) is 48.5 Å². The summed E-state index contributed by atoms with van der Waals surface area (Å²) in [6.45, 7) is 6.24. The molecule has 1 N–H and O–H groups in total. The van der Waals surface area contributed by atoms with Crippen LogP contribution in [0.1, 0.15) is 25.5 Å². The number of benzene rings is 2. The Bertz CT molecular complexity index is 1380. The average Bonchev–Trinajstić information content (AvgIpc) is 3.38. The Morgan fingerprint density at radius 2 is 1.76 bits per heavy atom. The van der Waals surface area contributed by atoms with Crippen LogP contribution in [0.5, 0.6) is 17.4 Å². The molecule has 0 bridgehead atoms. The molecule has 1 fully saturated rings. The van der Waals surface area contributed by atoms with Gasteiger partial charge in [-0.1, -0.05) is 0 Å². The Kier molecular flexibility index (Phi) is 8.13. The fourth-order valence-corrected chi connectivity index (χ4v) is 4.75. The zero-order valence-corrected chi connectivity index (χ0v) is 21.5. The average molecular weight is 534 g/mol. The standard InChI is InChI=1S/C26H29F2N3O5S/c1-3-37(33,34)29-20-7-10-24(36-25-9-6-19(27)16-23(25)28)22(17-20)21-8-11-26(31(32)18(21)2)35-15-14-30-12-4-5-13-30/h6-11,16-17,29H,3-5,12-15H2,1-2H3. The van der Waals surface area contributed by atoms with Crippen molar-refractivity contribution in [2.45, 2.75) is 26.7 Å². The lowest BCUT2D eigenvalue weighted by atomic mass is 10.0. The van der Waals surface area contributed by atoms with Gasteiger partial charge in [0.25, 0.3) is 0 Å². The number of nitrogens with zero attached hydrogens (tertiary/aromatic N) is 2. The molecule has 1 aliphatic rings. The van der Waals surface area contributed by atoms with Crippen LogP contribution < -0.4 is 18.9 Å². The SMILES string of the molecule is CCS(=O)(=O)Nc1ccc(Oc2ccc(F)cc2F)c(-c2ccc(OCCN3CCCC3)[n+]([O-])c2C)c1. The topological polar surface area (TPSA) is 94.8 Å². The summed E-state index contributed by atoms with van der Waals surface area (Å²) in [4.78, 5) is 2.28. The first-order valence-electron chi connectivity index (χ1n) is 12.0. The molecular formula is C26H29F2N3O5S. The third kappa shape index (κ3) is 6.47. The molecule has 0 saturated carbocycles. The Morgan fingerprint density at radius 1 is 1.03 bits per heavy atom. The van der Waals surface area contributed by atoms with Crippen LogP contribution in [0.4, 0.5) is 14.5 Å². The maximum Gasteiger partial charge on any atom is 0.379 e. The zero-order valence-electron chi connectivity index (χ0n) is 20.7. The smallest absolute Gasteiger partial charge is 0.379 e. The van der Waals surface area contributed by atoms with Gasteiger partial charge in [0.05, 0.1) is 17.4 Å². The highest BCUT2D eigenvalue weighted by atomic mass is 32.2. The monoisotopic (exact) mass is 533 g/mol. The van der Waals surface area contributed by atoms with Crippen molar-refractivity contribution >= 4 is 15.7 Å². The lowest BCUT2D eigenvalue weighted by Crippen LogP contribution is -2.35. The molecule has 0 unspecified atom stereocenters. The first-order chi connectivity index (χ1) is 17.7. The minimum absolute atomic E-state index is 0.134. The molecule has 11 heteroatoms. The summed E-state index contributed by atoms with van der Waals surface area (Å²) in [6, 6.07) is 10.5. The van der Waals surface area contributed by atoms with Gasteiger partial charge in [-0.15, -0.1) is 4.73 Å². The Morgan fingerprint density at radius 3 is 2.46 bits per heavy atom.